The van der Waals surface area contributed by atoms with Gasteiger partial charge in [0.15, 0.2) is 11.5 Å². The second kappa shape index (κ2) is 9.30. The Balaban J connectivity index is 1.87. The maximum atomic E-state index is 11.6. The molecule has 0 saturated heterocycles. The smallest absolute Gasteiger partial charge is 0.234 e. The average Bonchev–Trinajstić information content (AvgIpc) is 3.06. The molecule has 1 aromatic carbocycles. The molecule has 2 aromatic rings. The van der Waals surface area contributed by atoms with Crippen molar-refractivity contribution >= 4 is 17.2 Å². The van der Waals surface area contributed by atoms with Crippen molar-refractivity contribution in [2.75, 3.05) is 13.7 Å². The molecule has 0 unspecified atom stereocenters. The Morgan fingerprint density at radius 1 is 1.25 bits per heavy atom. The number of ether oxygens (including phenoxy) is 2. The summed E-state index contributed by atoms with van der Waals surface area (Å²) >= 11 is 1.66. The molecule has 0 radical (unpaired) electrons. The molecule has 5 nitrogen and oxygen atoms in total. The summed E-state index contributed by atoms with van der Waals surface area (Å²) in [6.45, 7) is 5.29. The SMILES string of the molecule is COc1cc(CNCC(=O)NC(C)C)ccc1OCc1cccs1. The van der Waals surface area contributed by atoms with E-state index in [-0.39, 0.29) is 18.5 Å². The Hall–Kier alpha value is -2.05. The Morgan fingerprint density at radius 2 is 2.08 bits per heavy atom. The molecule has 24 heavy (non-hydrogen) atoms. The van der Waals surface area contributed by atoms with Gasteiger partial charge in [-0.1, -0.05) is 12.1 Å². The number of nitrogens with one attached hydrogen (secondary N) is 2. The number of thiophene rings is 1. The highest BCUT2D eigenvalue weighted by molar-refractivity contribution is 7.09. The molecule has 1 amide bonds. The van der Waals surface area contributed by atoms with E-state index in [9.17, 15) is 4.79 Å². The molecule has 0 saturated carbocycles. The summed E-state index contributed by atoms with van der Waals surface area (Å²) in [6.07, 6.45) is 0. The molecule has 0 spiro atoms. The monoisotopic (exact) mass is 348 g/mol. The predicted molar refractivity (Wildman–Crippen MR) is 96.6 cm³/mol. The Bertz CT molecular complexity index is 642. The summed E-state index contributed by atoms with van der Waals surface area (Å²) in [7, 11) is 1.63. The van der Waals surface area contributed by atoms with E-state index >= 15 is 0 Å². The standard InChI is InChI=1S/C18H24N2O3S/c1-13(2)20-18(21)11-19-10-14-6-7-16(17(9-14)22-3)23-12-15-5-4-8-24-15/h4-9,13,19H,10-12H2,1-3H3,(H,20,21). The van der Waals surface area contributed by atoms with E-state index < -0.39 is 0 Å². The fourth-order valence-electron chi connectivity index (χ4n) is 2.18. The highest BCUT2D eigenvalue weighted by Gasteiger charge is 2.08. The molecular weight excluding hydrogens is 324 g/mol. The van der Waals surface area contributed by atoms with E-state index in [0.29, 0.717) is 24.7 Å². The first kappa shape index (κ1) is 18.3. The second-order valence-corrected chi connectivity index (χ2v) is 6.71. The number of hydrogen-bond acceptors (Lipinski definition) is 5. The molecule has 0 aliphatic carbocycles. The quantitative estimate of drug-likeness (QED) is 0.731. The zero-order chi connectivity index (χ0) is 17.4. The molecule has 0 fully saturated rings. The molecule has 0 aliphatic rings. The van der Waals surface area contributed by atoms with Crippen molar-refractivity contribution in [1.82, 2.24) is 10.6 Å². The third kappa shape index (κ3) is 5.86. The Kier molecular flexibility index (Phi) is 7.08. The van der Waals surface area contributed by atoms with Crippen molar-refractivity contribution in [3.8, 4) is 11.5 Å². The highest BCUT2D eigenvalue weighted by atomic mass is 32.1. The fourth-order valence-corrected chi connectivity index (χ4v) is 2.79. The van der Waals surface area contributed by atoms with E-state index in [2.05, 4.69) is 10.6 Å². The lowest BCUT2D eigenvalue weighted by atomic mass is 10.2. The van der Waals surface area contributed by atoms with Gasteiger partial charge >= 0.3 is 0 Å². The lowest BCUT2D eigenvalue weighted by Crippen LogP contribution is -2.37. The van der Waals surface area contributed by atoms with Crippen LogP contribution in [0.3, 0.4) is 0 Å². The van der Waals surface area contributed by atoms with Gasteiger partial charge < -0.3 is 20.1 Å². The molecule has 2 rings (SSSR count). The third-order valence-electron chi connectivity index (χ3n) is 3.24. The topological polar surface area (TPSA) is 59.6 Å². The van der Waals surface area contributed by atoms with Crippen LogP contribution in [-0.2, 0) is 17.9 Å². The van der Waals surface area contributed by atoms with Crippen LogP contribution in [0.15, 0.2) is 35.7 Å². The summed E-state index contributed by atoms with van der Waals surface area (Å²) in [4.78, 5) is 12.8. The summed E-state index contributed by atoms with van der Waals surface area (Å²) < 4.78 is 11.2. The summed E-state index contributed by atoms with van der Waals surface area (Å²) in [5, 5.41) is 8.00. The first-order valence-corrected chi connectivity index (χ1v) is 8.78. The zero-order valence-corrected chi connectivity index (χ0v) is 15.1. The van der Waals surface area contributed by atoms with E-state index in [4.69, 9.17) is 9.47 Å². The summed E-state index contributed by atoms with van der Waals surface area (Å²) in [5.74, 6) is 1.40. The van der Waals surface area contributed by atoms with Crippen LogP contribution in [0.4, 0.5) is 0 Å². The van der Waals surface area contributed by atoms with Crippen molar-refractivity contribution in [2.45, 2.75) is 33.0 Å². The largest absolute Gasteiger partial charge is 0.493 e. The number of methoxy groups -OCH3 is 1. The van der Waals surface area contributed by atoms with Crippen LogP contribution in [0.5, 0.6) is 11.5 Å². The summed E-state index contributed by atoms with van der Waals surface area (Å²) in [5.41, 5.74) is 1.03. The number of amides is 1. The molecule has 6 heteroatoms. The average molecular weight is 348 g/mol. The van der Waals surface area contributed by atoms with Gasteiger partial charge in [0.05, 0.1) is 13.7 Å². The number of rotatable bonds is 9. The summed E-state index contributed by atoms with van der Waals surface area (Å²) in [6, 6.07) is 10.00. The molecule has 0 bridgehead atoms. The molecule has 130 valence electrons. The normalized spacial score (nSPS) is 10.7. The van der Waals surface area contributed by atoms with Gasteiger partial charge in [-0.25, -0.2) is 0 Å². The molecule has 1 aromatic heterocycles. The number of carbonyl (C=O) groups excluding carboxylic acids is 1. The highest BCUT2D eigenvalue weighted by Crippen LogP contribution is 2.29. The van der Waals surface area contributed by atoms with Gasteiger partial charge in [0.2, 0.25) is 5.91 Å². The van der Waals surface area contributed by atoms with Gasteiger partial charge in [0.25, 0.3) is 0 Å². The lowest BCUT2D eigenvalue weighted by molar-refractivity contribution is -0.120. The van der Waals surface area contributed by atoms with E-state index in [0.717, 1.165) is 5.56 Å². The molecule has 1 heterocycles. The van der Waals surface area contributed by atoms with Crippen LogP contribution in [0.1, 0.15) is 24.3 Å². The van der Waals surface area contributed by atoms with Crippen LogP contribution >= 0.6 is 11.3 Å². The lowest BCUT2D eigenvalue weighted by Gasteiger charge is -2.13. The van der Waals surface area contributed by atoms with Gasteiger partial charge in [0.1, 0.15) is 6.61 Å². The van der Waals surface area contributed by atoms with E-state index in [1.54, 1.807) is 18.4 Å². The van der Waals surface area contributed by atoms with Crippen molar-refractivity contribution < 1.29 is 14.3 Å². The van der Waals surface area contributed by atoms with Crippen LogP contribution in [0.25, 0.3) is 0 Å². The zero-order valence-electron chi connectivity index (χ0n) is 14.3. The second-order valence-electron chi connectivity index (χ2n) is 5.68. The molecule has 0 aliphatic heterocycles. The fraction of sp³-hybridized carbons (Fsp3) is 0.389. The van der Waals surface area contributed by atoms with E-state index in [1.807, 2.05) is 49.6 Å². The maximum absolute atomic E-state index is 11.6. The minimum Gasteiger partial charge on any atom is -0.493 e. The number of carbonyl (C=O) groups is 1. The predicted octanol–water partition coefficient (Wildman–Crippen LogP) is 2.95. The van der Waals surface area contributed by atoms with Crippen LogP contribution in [0, 0.1) is 0 Å². The van der Waals surface area contributed by atoms with Crippen molar-refractivity contribution in [2.24, 2.45) is 0 Å². The molecule has 2 N–H and O–H groups in total. The number of hydrogen-bond donors (Lipinski definition) is 2. The van der Waals surface area contributed by atoms with E-state index in [1.165, 1.54) is 4.88 Å². The van der Waals surface area contributed by atoms with Gasteiger partial charge in [-0.05, 0) is 43.0 Å². The maximum Gasteiger partial charge on any atom is 0.234 e. The van der Waals surface area contributed by atoms with Gasteiger partial charge in [-0.3, -0.25) is 4.79 Å². The Morgan fingerprint density at radius 3 is 2.75 bits per heavy atom. The minimum atomic E-state index is -0.00661. The molecule has 0 atom stereocenters. The van der Waals surface area contributed by atoms with Crippen molar-refractivity contribution in [3.63, 3.8) is 0 Å². The Labute approximate surface area is 147 Å². The first-order chi connectivity index (χ1) is 11.6. The van der Waals surface area contributed by atoms with Crippen LogP contribution < -0.4 is 20.1 Å². The molecular formula is C18H24N2O3S. The third-order valence-corrected chi connectivity index (χ3v) is 4.09. The van der Waals surface area contributed by atoms with Gasteiger partial charge in [-0.2, -0.15) is 0 Å². The number of benzene rings is 1. The van der Waals surface area contributed by atoms with Crippen LogP contribution in [0.2, 0.25) is 0 Å². The first-order valence-electron chi connectivity index (χ1n) is 7.90. The van der Waals surface area contributed by atoms with Crippen LogP contribution in [-0.4, -0.2) is 25.6 Å². The van der Waals surface area contributed by atoms with Gasteiger partial charge in [0, 0.05) is 17.5 Å². The minimum absolute atomic E-state index is 0.00661. The van der Waals surface area contributed by atoms with Gasteiger partial charge in [-0.15, -0.1) is 11.3 Å². The van der Waals surface area contributed by atoms with Crippen molar-refractivity contribution in [3.05, 3.63) is 46.2 Å². The van der Waals surface area contributed by atoms with Crippen molar-refractivity contribution in [1.29, 1.82) is 0 Å².